The van der Waals surface area contributed by atoms with Crippen molar-refractivity contribution in [3.05, 3.63) is 257 Å². The maximum absolute atomic E-state index is 17.0. The van der Waals surface area contributed by atoms with Crippen LogP contribution < -0.4 is 4.90 Å². The molecule has 0 radical (unpaired) electrons. The van der Waals surface area contributed by atoms with Crippen LogP contribution in [0.3, 0.4) is 0 Å². The highest BCUT2D eigenvalue weighted by Crippen LogP contribution is 2.59. The quantitative estimate of drug-likeness (QED) is 0.0911. The zero-order valence-electron chi connectivity index (χ0n) is 37.5. The molecule has 13 rings (SSSR count). The molecule has 73 heavy (non-hydrogen) atoms. The highest BCUT2D eigenvalue weighted by Gasteiger charge is 2.48. The van der Waals surface area contributed by atoms with Gasteiger partial charge >= 0.3 is 0 Å². The van der Waals surface area contributed by atoms with Gasteiger partial charge in [0.15, 0.2) is 46.5 Å². The van der Waals surface area contributed by atoms with E-state index in [0.717, 1.165) is 78.6 Å². The van der Waals surface area contributed by atoms with Crippen molar-refractivity contribution in [1.29, 1.82) is 0 Å². The number of hydrogen-bond donors (Lipinski definition) is 0. The minimum absolute atomic E-state index is 0.0695. The van der Waals surface area contributed by atoms with E-state index in [4.69, 9.17) is 0 Å². The lowest BCUT2D eigenvalue weighted by Crippen LogP contribution is -2.38. The second-order valence-electron chi connectivity index (χ2n) is 17.8. The topological polar surface area (TPSA) is 3.24 Å². The molecular formula is C61H30F9NS2. The van der Waals surface area contributed by atoms with E-state index in [1.807, 2.05) is 84.9 Å². The van der Waals surface area contributed by atoms with Crippen molar-refractivity contribution < 1.29 is 39.5 Å². The Morgan fingerprint density at radius 3 is 1.11 bits per heavy atom. The number of benzene rings is 10. The lowest BCUT2D eigenvalue weighted by molar-refractivity contribution is 0.379. The number of thiophene rings is 2. The first-order chi connectivity index (χ1) is 35.5. The standard InChI is InChI=1S/C61H30F9NS2/c62-49-47(50(63)54(67)55(68)53(49)66)48-51(64)56(69)58(57(70)52(48)65)71-43-19-5-3-17-41(43)61(42-18-4-6-20-44(42)71,33-27-23-31(24-28-33)35-13-9-15-39-37-11-1-7-21-45(37)72-59(35)39)34-29-25-32(26-30-34)36-14-10-16-40-38-12-2-8-22-46(38)73-60(36)40/h1-30H. The second kappa shape index (κ2) is 16.7. The summed E-state index contributed by atoms with van der Waals surface area (Å²) in [6.45, 7) is 0. The fourth-order valence-electron chi connectivity index (χ4n) is 10.9. The van der Waals surface area contributed by atoms with Crippen LogP contribution in [0.5, 0.6) is 0 Å². The predicted octanol–water partition coefficient (Wildman–Crippen LogP) is 18.8. The largest absolute Gasteiger partial charge is 0.304 e. The van der Waals surface area contributed by atoms with Gasteiger partial charge in [0.05, 0.1) is 27.9 Å². The maximum Gasteiger partial charge on any atom is 0.200 e. The average molecular weight is 1010 g/mol. The highest BCUT2D eigenvalue weighted by molar-refractivity contribution is 7.26. The Morgan fingerprint density at radius 2 is 0.671 bits per heavy atom. The number of anilines is 3. The number of fused-ring (bicyclic) bond motifs is 8. The van der Waals surface area contributed by atoms with Crippen molar-refractivity contribution in [3.8, 4) is 33.4 Å². The van der Waals surface area contributed by atoms with Gasteiger partial charge in [0.2, 0.25) is 5.82 Å². The van der Waals surface area contributed by atoms with Crippen LogP contribution >= 0.6 is 22.7 Å². The van der Waals surface area contributed by atoms with Crippen LogP contribution in [0.25, 0.3) is 73.7 Å². The van der Waals surface area contributed by atoms with Crippen LogP contribution in [0.4, 0.5) is 56.6 Å². The third kappa shape index (κ3) is 6.36. The van der Waals surface area contributed by atoms with E-state index in [1.54, 1.807) is 59.1 Å². The highest BCUT2D eigenvalue weighted by atomic mass is 32.1. The molecule has 0 saturated heterocycles. The van der Waals surface area contributed by atoms with E-state index in [9.17, 15) is 13.2 Å². The predicted molar refractivity (Wildman–Crippen MR) is 275 cm³/mol. The molecule has 0 aliphatic carbocycles. The Balaban J connectivity index is 1.04. The van der Waals surface area contributed by atoms with Gasteiger partial charge in [0, 0.05) is 40.3 Å². The fourth-order valence-corrected chi connectivity index (χ4v) is 13.4. The van der Waals surface area contributed by atoms with Gasteiger partial charge in [-0.25, -0.2) is 39.5 Å². The molecule has 0 spiro atoms. The molecule has 0 atom stereocenters. The summed E-state index contributed by atoms with van der Waals surface area (Å²) in [5, 5.41) is 4.53. The van der Waals surface area contributed by atoms with Gasteiger partial charge in [-0.3, -0.25) is 0 Å². The normalized spacial score (nSPS) is 13.1. The lowest BCUT2D eigenvalue weighted by atomic mass is 9.62. The van der Waals surface area contributed by atoms with Gasteiger partial charge in [0.25, 0.3) is 0 Å². The van der Waals surface area contributed by atoms with Gasteiger partial charge < -0.3 is 4.90 Å². The number of nitrogens with zero attached hydrogens (tertiary/aromatic N) is 1. The average Bonchev–Trinajstić information content (AvgIpc) is 4.01. The molecule has 2 aromatic heterocycles. The van der Waals surface area contributed by atoms with E-state index in [-0.39, 0.29) is 11.4 Å². The third-order valence-corrected chi connectivity index (χ3v) is 16.5. The Kier molecular flexibility index (Phi) is 10.2. The molecule has 0 saturated carbocycles. The lowest BCUT2D eigenvalue weighted by Gasteiger charge is -2.46. The zero-order chi connectivity index (χ0) is 50.0. The van der Waals surface area contributed by atoms with E-state index in [0.29, 0.717) is 11.1 Å². The van der Waals surface area contributed by atoms with Crippen molar-refractivity contribution >= 4 is 80.1 Å². The zero-order valence-corrected chi connectivity index (χ0v) is 39.1. The van der Waals surface area contributed by atoms with Crippen LogP contribution in [-0.2, 0) is 5.41 Å². The monoisotopic (exact) mass is 1010 g/mol. The van der Waals surface area contributed by atoms with E-state index in [1.165, 1.54) is 12.1 Å². The summed E-state index contributed by atoms with van der Waals surface area (Å²) < 4.78 is 145. The molecule has 1 aliphatic rings. The SMILES string of the molecule is Fc1c(F)c(F)c(-c2c(F)c(F)c(N3c4ccccc4C(c4ccc(-c5cccc6c5sc5ccccc56)cc4)(c4ccc(-c5cccc6c5sc5ccccc56)cc4)c4ccccc43)c(F)c2F)c(F)c1F. The van der Waals surface area contributed by atoms with E-state index < -0.39 is 74.6 Å². The molecule has 12 aromatic rings. The minimum atomic E-state index is -2.64. The van der Waals surface area contributed by atoms with Crippen molar-refractivity contribution in [1.82, 2.24) is 0 Å². The fraction of sp³-hybridized carbons (Fsp3) is 0.0164. The van der Waals surface area contributed by atoms with Crippen LogP contribution in [0.1, 0.15) is 22.3 Å². The summed E-state index contributed by atoms with van der Waals surface area (Å²) in [7, 11) is 0. The Labute approximate surface area is 417 Å². The van der Waals surface area contributed by atoms with Crippen molar-refractivity contribution in [2.24, 2.45) is 0 Å². The van der Waals surface area contributed by atoms with Gasteiger partial charge in [-0.05, 0) is 68.8 Å². The van der Waals surface area contributed by atoms with Gasteiger partial charge in [-0.15, -0.1) is 22.7 Å². The molecule has 0 bridgehead atoms. The van der Waals surface area contributed by atoms with E-state index in [2.05, 4.69) is 48.5 Å². The third-order valence-electron chi connectivity index (χ3n) is 14.1. The molecule has 1 aliphatic heterocycles. The van der Waals surface area contributed by atoms with Crippen molar-refractivity contribution in [2.45, 2.75) is 5.41 Å². The molecule has 0 unspecified atom stereocenters. The van der Waals surface area contributed by atoms with Crippen molar-refractivity contribution in [3.63, 3.8) is 0 Å². The Hall–Kier alpha value is -8.19. The number of para-hydroxylation sites is 2. The number of hydrogen-bond acceptors (Lipinski definition) is 3. The van der Waals surface area contributed by atoms with Crippen molar-refractivity contribution in [2.75, 3.05) is 4.90 Å². The van der Waals surface area contributed by atoms with E-state index >= 15 is 26.3 Å². The number of halogens is 9. The summed E-state index contributed by atoms with van der Waals surface area (Å²) in [5.41, 5.74) is -0.591. The van der Waals surface area contributed by atoms with Crippen LogP contribution in [0.15, 0.2) is 182 Å². The van der Waals surface area contributed by atoms with Crippen LogP contribution in [-0.4, -0.2) is 0 Å². The van der Waals surface area contributed by atoms with Gasteiger partial charge in [0.1, 0.15) is 5.69 Å². The van der Waals surface area contributed by atoms with Gasteiger partial charge in [-0.2, -0.15) is 0 Å². The maximum atomic E-state index is 17.0. The molecule has 10 aromatic carbocycles. The summed E-state index contributed by atoms with van der Waals surface area (Å²) in [6, 6.07) is 58.1. The van der Waals surface area contributed by atoms with Crippen LogP contribution in [0.2, 0.25) is 0 Å². The summed E-state index contributed by atoms with van der Waals surface area (Å²) in [4.78, 5) is 0.981. The molecule has 0 N–H and O–H groups in total. The molecule has 0 amide bonds. The molecule has 1 nitrogen and oxygen atoms in total. The summed E-state index contributed by atoms with van der Waals surface area (Å²) in [5.74, 6) is -22.1. The number of rotatable bonds is 6. The second-order valence-corrected chi connectivity index (χ2v) is 19.9. The molecule has 0 fully saturated rings. The molecule has 354 valence electrons. The Bertz CT molecular complexity index is 4010. The summed E-state index contributed by atoms with van der Waals surface area (Å²) >= 11 is 3.39. The smallest absolute Gasteiger partial charge is 0.200 e. The molecule has 3 heterocycles. The molecular weight excluding hydrogens is 982 g/mol. The minimum Gasteiger partial charge on any atom is -0.304 e. The first-order valence-corrected chi connectivity index (χ1v) is 24.5. The molecule has 12 heteroatoms. The van der Waals surface area contributed by atoms with Crippen LogP contribution in [0, 0.1) is 52.4 Å². The Morgan fingerprint density at radius 1 is 0.315 bits per heavy atom. The van der Waals surface area contributed by atoms with Gasteiger partial charge in [-0.1, -0.05) is 158 Å². The summed E-state index contributed by atoms with van der Waals surface area (Å²) in [6.07, 6.45) is 0. The first-order valence-electron chi connectivity index (χ1n) is 22.9. The first kappa shape index (κ1) is 44.7.